The average Bonchev–Trinajstić information content (AvgIpc) is 2.40. The van der Waals surface area contributed by atoms with Crippen LogP contribution in [0.15, 0.2) is 24.3 Å². The molecule has 17 heavy (non-hydrogen) atoms. The summed E-state index contributed by atoms with van der Waals surface area (Å²) in [4.78, 5) is 0. The lowest BCUT2D eigenvalue weighted by molar-refractivity contribution is 0.0662. The van der Waals surface area contributed by atoms with Gasteiger partial charge in [-0.15, -0.1) is 11.6 Å². The highest BCUT2D eigenvalue weighted by atomic mass is 35.5. The molecule has 2 nitrogen and oxygen atoms in total. The molecule has 0 saturated carbocycles. The number of rotatable bonds is 5. The van der Waals surface area contributed by atoms with Crippen LogP contribution in [-0.4, -0.2) is 19.8 Å². The SMILES string of the molecule is ClCc1cccc(CNCC2CCOCC2)c1. The minimum atomic E-state index is 0.591. The van der Waals surface area contributed by atoms with Gasteiger partial charge in [-0.2, -0.15) is 0 Å². The van der Waals surface area contributed by atoms with Crippen LogP contribution < -0.4 is 5.32 Å². The molecule has 1 fully saturated rings. The zero-order valence-electron chi connectivity index (χ0n) is 10.1. The van der Waals surface area contributed by atoms with Gasteiger partial charge in [-0.05, 0) is 36.4 Å². The Morgan fingerprint density at radius 3 is 2.76 bits per heavy atom. The van der Waals surface area contributed by atoms with Gasteiger partial charge in [-0.3, -0.25) is 0 Å². The molecule has 0 bridgehead atoms. The van der Waals surface area contributed by atoms with Gasteiger partial charge in [0.25, 0.3) is 0 Å². The molecule has 94 valence electrons. The minimum absolute atomic E-state index is 0.591. The summed E-state index contributed by atoms with van der Waals surface area (Å²) in [6.45, 7) is 3.87. The lowest BCUT2D eigenvalue weighted by Crippen LogP contribution is -2.27. The summed E-state index contributed by atoms with van der Waals surface area (Å²) >= 11 is 5.82. The lowest BCUT2D eigenvalue weighted by Gasteiger charge is -2.22. The first-order chi connectivity index (χ1) is 8.38. The van der Waals surface area contributed by atoms with Crippen molar-refractivity contribution >= 4 is 11.6 Å². The van der Waals surface area contributed by atoms with Crippen molar-refractivity contribution < 1.29 is 4.74 Å². The summed E-state index contributed by atoms with van der Waals surface area (Å²) in [5.41, 5.74) is 2.51. The third kappa shape index (κ3) is 4.30. The Labute approximate surface area is 108 Å². The zero-order valence-corrected chi connectivity index (χ0v) is 10.9. The Morgan fingerprint density at radius 1 is 1.24 bits per heavy atom. The van der Waals surface area contributed by atoms with Gasteiger partial charge in [-0.25, -0.2) is 0 Å². The summed E-state index contributed by atoms with van der Waals surface area (Å²) in [6.07, 6.45) is 2.38. The Balaban J connectivity index is 1.73. The molecule has 1 aromatic carbocycles. The Morgan fingerprint density at radius 2 is 2.00 bits per heavy atom. The van der Waals surface area contributed by atoms with Crippen molar-refractivity contribution in [2.24, 2.45) is 5.92 Å². The van der Waals surface area contributed by atoms with E-state index in [1.165, 1.54) is 24.0 Å². The molecule has 1 saturated heterocycles. The van der Waals surface area contributed by atoms with Gasteiger partial charge < -0.3 is 10.1 Å². The highest BCUT2D eigenvalue weighted by Gasteiger charge is 2.12. The van der Waals surface area contributed by atoms with Crippen LogP contribution in [0.4, 0.5) is 0 Å². The Kier molecular flexibility index (Phi) is 5.30. The van der Waals surface area contributed by atoms with Crippen molar-refractivity contribution in [1.29, 1.82) is 0 Å². The normalized spacial score (nSPS) is 17.2. The Hall–Kier alpha value is -0.570. The summed E-state index contributed by atoms with van der Waals surface area (Å²) in [5, 5.41) is 3.52. The maximum Gasteiger partial charge on any atom is 0.0474 e. The topological polar surface area (TPSA) is 21.3 Å². The predicted molar refractivity (Wildman–Crippen MR) is 71.2 cm³/mol. The number of alkyl halides is 1. The molecule has 1 aliphatic rings. The average molecular weight is 254 g/mol. The number of hydrogen-bond acceptors (Lipinski definition) is 2. The van der Waals surface area contributed by atoms with Gasteiger partial charge in [0, 0.05) is 25.6 Å². The first-order valence-electron chi connectivity index (χ1n) is 6.30. The van der Waals surface area contributed by atoms with Gasteiger partial charge in [0.05, 0.1) is 0 Å². The second-order valence-electron chi connectivity index (χ2n) is 4.64. The van der Waals surface area contributed by atoms with Crippen molar-refractivity contribution in [2.75, 3.05) is 19.8 Å². The van der Waals surface area contributed by atoms with E-state index in [2.05, 4.69) is 29.6 Å². The van der Waals surface area contributed by atoms with Gasteiger partial charge in [0.2, 0.25) is 0 Å². The molecule has 2 rings (SSSR count). The van der Waals surface area contributed by atoms with Gasteiger partial charge in [0.15, 0.2) is 0 Å². The largest absolute Gasteiger partial charge is 0.381 e. The van der Waals surface area contributed by atoms with Crippen LogP contribution in [0.3, 0.4) is 0 Å². The quantitative estimate of drug-likeness (QED) is 0.815. The molecule has 1 heterocycles. The number of benzene rings is 1. The zero-order chi connectivity index (χ0) is 11.9. The number of halogens is 1. The summed E-state index contributed by atoms with van der Waals surface area (Å²) in [5.74, 6) is 1.37. The van der Waals surface area contributed by atoms with Crippen molar-refractivity contribution in [3.63, 3.8) is 0 Å². The van der Waals surface area contributed by atoms with Crippen molar-refractivity contribution in [2.45, 2.75) is 25.3 Å². The molecule has 0 aromatic heterocycles. The fourth-order valence-corrected chi connectivity index (χ4v) is 2.36. The monoisotopic (exact) mass is 253 g/mol. The van der Waals surface area contributed by atoms with Gasteiger partial charge >= 0.3 is 0 Å². The van der Waals surface area contributed by atoms with Crippen molar-refractivity contribution in [3.8, 4) is 0 Å². The summed E-state index contributed by atoms with van der Waals surface area (Å²) in [6, 6.07) is 8.45. The molecule has 3 heteroatoms. The van der Waals surface area contributed by atoms with E-state index in [4.69, 9.17) is 16.3 Å². The van der Waals surface area contributed by atoms with E-state index < -0.39 is 0 Å². The standard InChI is InChI=1S/C14H20ClNO/c15-9-13-2-1-3-14(8-13)11-16-10-12-4-6-17-7-5-12/h1-3,8,12,16H,4-7,9-11H2. The van der Waals surface area contributed by atoms with Crippen LogP contribution in [0.25, 0.3) is 0 Å². The van der Waals surface area contributed by atoms with E-state index in [0.29, 0.717) is 5.88 Å². The second-order valence-corrected chi connectivity index (χ2v) is 4.91. The second kappa shape index (κ2) is 7.00. The van der Waals surface area contributed by atoms with Crippen LogP contribution in [0.1, 0.15) is 24.0 Å². The van der Waals surface area contributed by atoms with E-state index in [0.717, 1.165) is 32.2 Å². The summed E-state index contributed by atoms with van der Waals surface area (Å²) < 4.78 is 5.35. The molecule has 0 atom stereocenters. The van der Waals surface area contributed by atoms with Crippen molar-refractivity contribution in [1.82, 2.24) is 5.32 Å². The summed E-state index contributed by atoms with van der Waals surface area (Å²) in [7, 11) is 0. The lowest BCUT2D eigenvalue weighted by atomic mass is 10.0. The van der Waals surface area contributed by atoms with Gasteiger partial charge in [0.1, 0.15) is 0 Å². The molecule has 0 amide bonds. The third-order valence-electron chi connectivity index (χ3n) is 3.25. The number of ether oxygens (including phenoxy) is 1. The molecule has 0 unspecified atom stereocenters. The van der Waals surface area contributed by atoms with E-state index >= 15 is 0 Å². The van der Waals surface area contributed by atoms with E-state index in [9.17, 15) is 0 Å². The van der Waals surface area contributed by atoms with E-state index in [1.54, 1.807) is 0 Å². The predicted octanol–water partition coefficient (Wildman–Crippen LogP) is 2.94. The highest BCUT2D eigenvalue weighted by Crippen LogP contribution is 2.13. The van der Waals surface area contributed by atoms with Crippen LogP contribution in [0.2, 0.25) is 0 Å². The number of nitrogens with one attached hydrogen (secondary N) is 1. The van der Waals surface area contributed by atoms with E-state index in [-0.39, 0.29) is 0 Å². The van der Waals surface area contributed by atoms with Crippen molar-refractivity contribution in [3.05, 3.63) is 35.4 Å². The van der Waals surface area contributed by atoms with E-state index in [1.807, 2.05) is 0 Å². The molecule has 0 spiro atoms. The fraction of sp³-hybridized carbons (Fsp3) is 0.571. The molecule has 0 aliphatic carbocycles. The van der Waals surface area contributed by atoms with Crippen LogP contribution in [-0.2, 0) is 17.2 Å². The van der Waals surface area contributed by atoms with Crippen LogP contribution in [0.5, 0.6) is 0 Å². The minimum Gasteiger partial charge on any atom is -0.381 e. The third-order valence-corrected chi connectivity index (χ3v) is 3.56. The molecular formula is C14H20ClNO. The first kappa shape index (κ1) is 12.9. The van der Waals surface area contributed by atoms with Gasteiger partial charge in [-0.1, -0.05) is 24.3 Å². The van der Waals surface area contributed by atoms with Crippen LogP contribution in [0, 0.1) is 5.92 Å². The highest BCUT2D eigenvalue weighted by molar-refractivity contribution is 6.17. The molecule has 1 aliphatic heterocycles. The Bertz CT molecular complexity index is 337. The maximum absolute atomic E-state index is 5.82. The van der Waals surface area contributed by atoms with Crippen LogP contribution >= 0.6 is 11.6 Å². The first-order valence-corrected chi connectivity index (χ1v) is 6.84. The molecule has 1 aromatic rings. The fourth-order valence-electron chi connectivity index (χ4n) is 2.19. The smallest absolute Gasteiger partial charge is 0.0474 e. The maximum atomic E-state index is 5.82. The molecule has 0 radical (unpaired) electrons. The molecular weight excluding hydrogens is 234 g/mol. The number of hydrogen-bond donors (Lipinski definition) is 1. The molecule has 1 N–H and O–H groups in total.